The van der Waals surface area contributed by atoms with Crippen LogP contribution in [-0.2, 0) is 6.42 Å². The molecule has 1 atom stereocenters. The lowest BCUT2D eigenvalue weighted by atomic mass is 9.91. The van der Waals surface area contributed by atoms with E-state index in [1.54, 1.807) is 0 Å². The first-order valence-electron chi connectivity index (χ1n) is 7.74. The van der Waals surface area contributed by atoms with Gasteiger partial charge in [0.2, 0.25) is 0 Å². The highest BCUT2D eigenvalue weighted by molar-refractivity contribution is 6.31. The summed E-state index contributed by atoms with van der Waals surface area (Å²) in [7, 11) is 0. The van der Waals surface area contributed by atoms with Crippen LogP contribution >= 0.6 is 11.6 Å². The van der Waals surface area contributed by atoms with Gasteiger partial charge in [-0.1, -0.05) is 35.4 Å². The van der Waals surface area contributed by atoms with Crippen LogP contribution in [0.1, 0.15) is 34.0 Å². The zero-order valence-corrected chi connectivity index (χ0v) is 13.6. The number of benzene rings is 2. The van der Waals surface area contributed by atoms with Crippen LogP contribution in [0.2, 0.25) is 5.02 Å². The number of nitrogens with one attached hydrogen (secondary N) is 2. The van der Waals surface area contributed by atoms with Gasteiger partial charge in [0.15, 0.2) is 0 Å². The lowest BCUT2D eigenvalue weighted by Crippen LogP contribution is -2.31. The minimum Gasteiger partial charge on any atom is -0.357 e. The summed E-state index contributed by atoms with van der Waals surface area (Å²) in [5.74, 6) is 0. The third kappa shape index (κ3) is 2.15. The molecule has 3 heteroatoms. The Morgan fingerprint density at radius 3 is 2.82 bits per heavy atom. The number of hydrogen-bond acceptors (Lipinski definition) is 1. The van der Waals surface area contributed by atoms with Gasteiger partial charge in [-0.3, -0.25) is 0 Å². The third-order valence-corrected chi connectivity index (χ3v) is 4.89. The molecule has 2 N–H and O–H groups in total. The highest BCUT2D eigenvalue weighted by atomic mass is 35.5. The minimum absolute atomic E-state index is 0.231. The van der Waals surface area contributed by atoms with Gasteiger partial charge in [0, 0.05) is 28.2 Å². The van der Waals surface area contributed by atoms with Crippen molar-refractivity contribution < 1.29 is 0 Å². The van der Waals surface area contributed by atoms with E-state index in [4.69, 9.17) is 11.6 Å². The fraction of sp³-hybridized carbons (Fsp3) is 0.263. The van der Waals surface area contributed by atoms with Crippen LogP contribution in [0, 0.1) is 13.8 Å². The molecule has 1 aliphatic heterocycles. The van der Waals surface area contributed by atoms with E-state index in [0.29, 0.717) is 0 Å². The molecule has 2 aromatic carbocycles. The maximum Gasteiger partial charge on any atom is 0.0735 e. The van der Waals surface area contributed by atoms with Crippen LogP contribution in [0.15, 0.2) is 36.4 Å². The largest absolute Gasteiger partial charge is 0.357 e. The van der Waals surface area contributed by atoms with Crippen LogP contribution in [0.3, 0.4) is 0 Å². The van der Waals surface area contributed by atoms with Crippen LogP contribution in [0.4, 0.5) is 0 Å². The lowest BCUT2D eigenvalue weighted by Gasteiger charge is -2.26. The smallest absolute Gasteiger partial charge is 0.0735 e. The Hall–Kier alpha value is -1.77. The van der Waals surface area contributed by atoms with Gasteiger partial charge in [-0.15, -0.1) is 0 Å². The number of halogens is 1. The second kappa shape index (κ2) is 5.15. The number of aryl methyl sites for hydroxylation is 2. The first kappa shape index (κ1) is 13.9. The predicted octanol–water partition coefficient (Wildman–Crippen LogP) is 4.67. The van der Waals surface area contributed by atoms with Crippen molar-refractivity contribution in [3.05, 3.63) is 69.4 Å². The van der Waals surface area contributed by atoms with Crippen LogP contribution in [-0.4, -0.2) is 11.5 Å². The summed E-state index contributed by atoms with van der Waals surface area (Å²) in [6, 6.07) is 13.0. The van der Waals surface area contributed by atoms with E-state index in [2.05, 4.69) is 54.5 Å². The summed E-state index contributed by atoms with van der Waals surface area (Å²) in [6.45, 7) is 5.33. The second-order valence-corrected chi connectivity index (χ2v) is 6.64. The average Bonchev–Trinajstić information content (AvgIpc) is 2.88. The zero-order chi connectivity index (χ0) is 15.3. The normalized spacial score (nSPS) is 17.7. The molecule has 112 valence electrons. The van der Waals surface area contributed by atoms with Gasteiger partial charge in [-0.05, 0) is 55.2 Å². The highest BCUT2D eigenvalue weighted by Gasteiger charge is 2.26. The SMILES string of the molecule is Cc1ccc(C)c(C2NCCc3c2[nH]c2ccc(Cl)cc32)c1. The van der Waals surface area contributed by atoms with Crippen molar-refractivity contribution in [1.82, 2.24) is 10.3 Å². The summed E-state index contributed by atoms with van der Waals surface area (Å²) >= 11 is 6.19. The molecule has 0 bridgehead atoms. The average molecular weight is 311 g/mol. The predicted molar refractivity (Wildman–Crippen MR) is 92.8 cm³/mol. The Kier molecular flexibility index (Phi) is 3.24. The second-order valence-electron chi connectivity index (χ2n) is 6.20. The van der Waals surface area contributed by atoms with Gasteiger partial charge in [0.1, 0.15) is 0 Å². The van der Waals surface area contributed by atoms with Gasteiger partial charge in [0.05, 0.1) is 6.04 Å². The Bertz CT molecular complexity index is 863. The molecule has 22 heavy (non-hydrogen) atoms. The van der Waals surface area contributed by atoms with E-state index in [9.17, 15) is 0 Å². The molecule has 0 spiro atoms. The quantitative estimate of drug-likeness (QED) is 0.671. The molecule has 0 saturated carbocycles. The van der Waals surface area contributed by atoms with E-state index in [-0.39, 0.29) is 6.04 Å². The zero-order valence-electron chi connectivity index (χ0n) is 12.8. The fourth-order valence-corrected chi connectivity index (χ4v) is 3.71. The van der Waals surface area contributed by atoms with Crippen molar-refractivity contribution in [1.29, 1.82) is 0 Å². The number of H-pyrrole nitrogens is 1. The Morgan fingerprint density at radius 2 is 1.95 bits per heavy atom. The molecule has 0 amide bonds. The number of aromatic nitrogens is 1. The number of fused-ring (bicyclic) bond motifs is 3. The van der Waals surface area contributed by atoms with E-state index >= 15 is 0 Å². The highest BCUT2D eigenvalue weighted by Crippen LogP contribution is 2.35. The Balaban J connectivity index is 1.92. The van der Waals surface area contributed by atoms with E-state index in [1.807, 2.05) is 6.07 Å². The summed E-state index contributed by atoms with van der Waals surface area (Å²) in [6.07, 6.45) is 1.04. The standard InChI is InChI=1S/C19H19ClN2/c1-11-3-4-12(2)15(9-11)18-19-14(7-8-21-18)16-10-13(20)5-6-17(16)22-19/h3-6,9-10,18,21-22H,7-8H2,1-2H3. The molecule has 0 saturated heterocycles. The topological polar surface area (TPSA) is 27.8 Å². The molecule has 1 aromatic heterocycles. The minimum atomic E-state index is 0.231. The molecule has 1 aliphatic rings. The van der Waals surface area contributed by atoms with Gasteiger partial charge in [-0.2, -0.15) is 0 Å². The molecule has 4 rings (SSSR count). The lowest BCUT2D eigenvalue weighted by molar-refractivity contribution is 0.558. The van der Waals surface area contributed by atoms with Gasteiger partial charge >= 0.3 is 0 Å². The molecule has 0 radical (unpaired) electrons. The first-order chi connectivity index (χ1) is 10.6. The van der Waals surface area contributed by atoms with Crippen molar-refractivity contribution in [2.45, 2.75) is 26.3 Å². The summed E-state index contributed by atoms with van der Waals surface area (Å²) in [5.41, 5.74) is 7.85. The monoisotopic (exact) mass is 310 g/mol. The molecule has 1 unspecified atom stereocenters. The number of aromatic amines is 1. The molecular formula is C19H19ClN2. The Labute approximate surface area is 135 Å². The van der Waals surface area contributed by atoms with Crippen LogP contribution < -0.4 is 5.32 Å². The summed E-state index contributed by atoms with van der Waals surface area (Å²) in [5, 5.41) is 5.74. The number of hydrogen-bond donors (Lipinski definition) is 2. The molecular weight excluding hydrogens is 292 g/mol. The van der Waals surface area contributed by atoms with Crippen molar-refractivity contribution >= 4 is 22.5 Å². The molecule has 0 aliphatic carbocycles. The maximum absolute atomic E-state index is 6.19. The Morgan fingerprint density at radius 1 is 1.09 bits per heavy atom. The fourth-order valence-electron chi connectivity index (χ4n) is 3.54. The summed E-state index contributed by atoms with van der Waals surface area (Å²) in [4.78, 5) is 3.62. The van der Waals surface area contributed by atoms with Crippen LogP contribution in [0.25, 0.3) is 10.9 Å². The van der Waals surface area contributed by atoms with Gasteiger partial charge in [-0.25, -0.2) is 0 Å². The first-order valence-corrected chi connectivity index (χ1v) is 8.12. The van der Waals surface area contributed by atoms with Gasteiger partial charge in [0.25, 0.3) is 0 Å². The summed E-state index contributed by atoms with van der Waals surface area (Å²) < 4.78 is 0. The molecule has 2 nitrogen and oxygen atoms in total. The van der Waals surface area contributed by atoms with Crippen LogP contribution in [0.5, 0.6) is 0 Å². The number of rotatable bonds is 1. The molecule has 0 fully saturated rings. The van der Waals surface area contributed by atoms with E-state index in [1.165, 1.54) is 38.9 Å². The van der Waals surface area contributed by atoms with E-state index in [0.717, 1.165) is 18.0 Å². The van der Waals surface area contributed by atoms with Crippen molar-refractivity contribution in [2.75, 3.05) is 6.54 Å². The molecule has 2 heterocycles. The van der Waals surface area contributed by atoms with Crippen molar-refractivity contribution in [2.24, 2.45) is 0 Å². The molecule has 3 aromatic rings. The maximum atomic E-state index is 6.19. The van der Waals surface area contributed by atoms with Crippen molar-refractivity contribution in [3.8, 4) is 0 Å². The van der Waals surface area contributed by atoms with E-state index < -0.39 is 0 Å². The van der Waals surface area contributed by atoms with Crippen molar-refractivity contribution in [3.63, 3.8) is 0 Å². The third-order valence-electron chi connectivity index (χ3n) is 4.66. The van der Waals surface area contributed by atoms with Gasteiger partial charge < -0.3 is 10.3 Å².